The van der Waals surface area contributed by atoms with Gasteiger partial charge in [0.15, 0.2) is 6.61 Å². The Morgan fingerprint density at radius 2 is 2.04 bits per heavy atom. The number of ether oxygens (including phenoxy) is 2. The predicted molar refractivity (Wildman–Crippen MR) is 95.2 cm³/mol. The molecule has 1 amide bonds. The normalized spacial score (nSPS) is 10.3. The highest BCUT2D eigenvalue weighted by Gasteiger charge is 2.18. The van der Waals surface area contributed by atoms with E-state index in [1.54, 1.807) is 37.3 Å². The number of aryl methyl sites for hydroxylation is 1. The molecule has 0 bridgehead atoms. The van der Waals surface area contributed by atoms with Crippen molar-refractivity contribution in [3.63, 3.8) is 0 Å². The van der Waals surface area contributed by atoms with Gasteiger partial charge in [0.05, 0.1) is 12.2 Å². The van der Waals surface area contributed by atoms with Crippen LogP contribution in [0.5, 0.6) is 5.75 Å². The summed E-state index contributed by atoms with van der Waals surface area (Å²) in [4.78, 5) is 25.1. The molecule has 0 fully saturated rings. The summed E-state index contributed by atoms with van der Waals surface area (Å²) in [5.74, 6) is -0.298. The molecule has 1 aromatic heterocycles. The molecule has 0 aliphatic heterocycles. The molecule has 0 aliphatic rings. The second-order valence-corrected chi connectivity index (χ2v) is 6.40. The number of anilines is 1. The van der Waals surface area contributed by atoms with Gasteiger partial charge in [-0.05, 0) is 37.6 Å². The Morgan fingerprint density at radius 1 is 1.25 bits per heavy atom. The highest BCUT2D eigenvalue weighted by Crippen LogP contribution is 2.29. The van der Waals surface area contributed by atoms with E-state index in [-0.39, 0.29) is 19.1 Å². The third-order valence-corrected chi connectivity index (χ3v) is 4.48. The van der Waals surface area contributed by atoms with Gasteiger partial charge in [-0.2, -0.15) is 0 Å². The Morgan fingerprint density at radius 3 is 2.71 bits per heavy atom. The van der Waals surface area contributed by atoms with Crippen molar-refractivity contribution in [1.29, 1.82) is 0 Å². The summed E-state index contributed by atoms with van der Waals surface area (Å²) in [6.45, 7) is 3.82. The van der Waals surface area contributed by atoms with Gasteiger partial charge in [-0.3, -0.25) is 4.79 Å². The Hall–Kier alpha value is -2.05. The number of hydrogen-bond acceptors (Lipinski definition) is 5. The first-order valence-electron chi connectivity index (χ1n) is 7.51. The largest absolute Gasteiger partial charge is 0.484 e. The van der Waals surface area contributed by atoms with E-state index in [4.69, 9.17) is 21.1 Å². The molecular formula is C17H18ClNO4S. The molecule has 1 heterocycles. The summed E-state index contributed by atoms with van der Waals surface area (Å²) in [7, 11) is 0. The fourth-order valence-corrected chi connectivity index (χ4v) is 3.12. The molecule has 0 spiro atoms. The minimum absolute atomic E-state index is 0.179. The Balaban J connectivity index is 2.02. The number of halogens is 1. The maximum atomic E-state index is 12.1. The van der Waals surface area contributed by atoms with Gasteiger partial charge < -0.3 is 14.8 Å². The van der Waals surface area contributed by atoms with Gasteiger partial charge >= 0.3 is 5.97 Å². The maximum Gasteiger partial charge on any atom is 0.341 e. The molecule has 0 saturated carbocycles. The molecular weight excluding hydrogens is 350 g/mol. The van der Waals surface area contributed by atoms with Crippen LogP contribution in [-0.4, -0.2) is 25.1 Å². The second-order valence-electron chi connectivity index (χ2n) is 4.82. The molecule has 0 aliphatic carbocycles. The molecule has 5 nitrogen and oxygen atoms in total. The third-order valence-electron chi connectivity index (χ3n) is 3.05. The average Bonchev–Trinajstić information content (AvgIpc) is 2.96. The van der Waals surface area contributed by atoms with Crippen LogP contribution in [0.25, 0.3) is 0 Å². The van der Waals surface area contributed by atoms with Gasteiger partial charge in [0, 0.05) is 9.90 Å². The Kier molecular flexibility index (Phi) is 6.63. The molecule has 0 atom stereocenters. The van der Waals surface area contributed by atoms with Gasteiger partial charge in [-0.25, -0.2) is 4.79 Å². The smallest absolute Gasteiger partial charge is 0.341 e. The SMILES string of the molecule is CCOC(=O)c1cc(CC)sc1NC(=O)COc1cccc(Cl)c1. The molecule has 2 aromatic rings. The van der Waals surface area contributed by atoms with Crippen molar-refractivity contribution in [1.82, 2.24) is 0 Å². The van der Waals surface area contributed by atoms with E-state index < -0.39 is 5.97 Å². The van der Waals surface area contributed by atoms with E-state index in [2.05, 4.69) is 5.32 Å². The van der Waals surface area contributed by atoms with E-state index in [1.807, 2.05) is 6.92 Å². The van der Waals surface area contributed by atoms with Crippen molar-refractivity contribution in [3.8, 4) is 5.75 Å². The summed E-state index contributed by atoms with van der Waals surface area (Å²) in [5, 5.41) is 3.72. The lowest BCUT2D eigenvalue weighted by Crippen LogP contribution is -2.21. The molecule has 1 aromatic carbocycles. The molecule has 128 valence electrons. The Bertz CT molecular complexity index is 729. The minimum Gasteiger partial charge on any atom is -0.484 e. The summed E-state index contributed by atoms with van der Waals surface area (Å²) in [6, 6.07) is 8.54. The Labute approximate surface area is 149 Å². The fourth-order valence-electron chi connectivity index (χ4n) is 1.94. The number of benzene rings is 1. The van der Waals surface area contributed by atoms with Crippen molar-refractivity contribution in [2.24, 2.45) is 0 Å². The first kappa shape index (κ1) is 18.3. The molecule has 1 N–H and O–H groups in total. The number of amides is 1. The number of hydrogen-bond donors (Lipinski definition) is 1. The van der Waals surface area contributed by atoms with E-state index in [0.29, 0.717) is 21.3 Å². The molecule has 2 rings (SSSR count). The van der Waals surface area contributed by atoms with Gasteiger partial charge in [0.1, 0.15) is 10.8 Å². The lowest BCUT2D eigenvalue weighted by molar-refractivity contribution is -0.118. The molecule has 0 unspecified atom stereocenters. The number of nitrogens with one attached hydrogen (secondary N) is 1. The number of carbonyl (C=O) groups is 2. The van der Waals surface area contributed by atoms with Crippen molar-refractivity contribution in [2.45, 2.75) is 20.3 Å². The standard InChI is InChI=1S/C17H18ClNO4S/c1-3-13-9-14(17(21)22-4-2)16(24-13)19-15(20)10-23-12-7-5-6-11(18)8-12/h5-9H,3-4,10H2,1-2H3,(H,19,20). The first-order chi connectivity index (χ1) is 11.5. The highest BCUT2D eigenvalue weighted by molar-refractivity contribution is 7.16. The third kappa shape index (κ3) is 4.97. The summed E-state index contributed by atoms with van der Waals surface area (Å²) < 4.78 is 10.4. The predicted octanol–water partition coefficient (Wildman–Crippen LogP) is 4.16. The zero-order valence-corrected chi connectivity index (χ0v) is 15.0. The quantitative estimate of drug-likeness (QED) is 0.746. The second kappa shape index (κ2) is 8.70. The first-order valence-corrected chi connectivity index (χ1v) is 8.71. The van der Waals surface area contributed by atoms with E-state index in [9.17, 15) is 9.59 Å². The van der Waals surface area contributed by atoms with Crippen LogP contribution in [-0.2, 0) is 16.0 Å². The van der Waals surface area contributed by atoms with E-state index in [1.165, 1.54) is 11.3 Å². The van der Waals surface area contributed by atoms with E-state index >= 15 is 0 Å². The molecule has 24 heavy (non-hydrogen) atoms. The minimum atomic E-state index is -0.445. The fraction of sp³-hybridized carbons (Fsp3) is 0.294. The lowest BCUT2D eigenvalue weighted by atomic mass is 10.2. The van der Waals surface area contributed by atoms with Crippen LogP contribution in [0, 0.1) is 0 Å². The molecule has 0 saturated heterocycles. The van der Waals surface area contributed by atoms with Crippen molar-refractivity contribution < 1.29 is 19.1 Å². The summed E-state index contributed by atoms with van der Waals surface area (Å²) >= 11 is 7.22. The zero-order chi connectivity index (χ0) is 17.5. The van der Waals surface area contributed by atoms with Crippen LogP contribution in [0.3, 0.4) is 0 Å². The van der Waals surface area contributed by atoms with Crippen molar-refractivity contribution >= 4 is 39.8 Å². The van der Waals surface area contributed by atoms with Crippen LogP contribution >= 0.6 is 22.9 Å². The van der Waals surface area contributed by atoms with Gasteiger partial charge in [-0.1, -0.05) is 24.6 Å². The van der Waals surface area contributed by atoms with Crippen LogP contribution in [0.1, 0.15) is 29.1 Å². The average molecular weight is 368 g/mol. The summed E-state index contributed by atoms with van der Waals surface area (Å²) in [6.07, 6.45) is 0.770. The highest BCUT2D eigenvalue weighted by atomic mass is 35.5. The van der Waals surface area contributed by atoms with Gasteiger partial charge in [-0.15, -0.1) is 11.3 Å². The number of rotatable bonds is 7. The van der Waals surface area contributed by atoms with Crippen LogP contribution in [0.15, 0.2) is 30.3 Å². The van der Waals surface area contributed by atoms with Gasteiger partial charge in [0.25, 0.3) is 5.91 Å². The van der Waals surface area contributed by atoms with E-state index in [0.717, 1.165) is 11.3 Å². The van der Waals surface area contributed by atoms with Crippen LogP contribution in [0.2, 0.25) is 5.02 Å². The van der Waals surface area contributed by atoms with Gasteiger partial charge in [0.2, 0.25) is 0 Å². The number of thiophene rings is 1. The van der Waals surface area contributed by atoms with Crippen molar-refractivity contribution in [3.05, 3.63) is 45.8 Å². The molecule has 0 radical (unpaired) electrons. The summed E-state index contributed by atoms with van der Waals surface area (Å²) in [5.41, 5.74) is 0.370. The monoisotopic (exact) mass is 367 g/mol. The maximum absolute atomic E-state index is 12.1. The topological polar surface area (TPSA) is 64.6 Å². The van der Waals surface area contributed by atoms with Crippen molar-refractivity contribution in [2.75, 3.05) is 18.5 Å². The van der Waals surface area contributed by atoms with Crippen LogP contribution < -0.4 is 10.1 Å². The lowest BCUT2D eigenvalue weighted by Gasteiger charge is -2.08. The number of esters is 1. The molecule has 7 heteroatoms. The van der Waals surface area contributed by atoms with Crippen LogP contribution in [0.4, 0.5) is 5.00 Å². The zero-order valence-electron chi connectivity index (χ0n) is 13.4. The number of carbonyl (C=O) groups excluding carboxylic acids is 2.